The zero-order valence-corrected chi connectivity index (χ0v) is 11.3. The Labute approximate surface area is 119 Å². The third kappa shape index (κ3) is 3.30. The summed E-state index contributed by atoms with van der Waals surface area (Å²) in [5.41, 5.74) is -0.367. The monoisotopic (exact) mass is 306 g/mol. The summed E-state index contributed by atoms with van der Waals surface area (Å²) in [6, 6.07) is 2.47. The molecule has 2 rings (SSSR count). The molecule has 4 nitrogen and oxygen atoms in total. The van der Waals surface area contributed by atoms with Crippen molar-refractivity contribution in [2.24, 2.45) is 0 Å². The number of hydrogen-bond donors (Lipinski definition) is 1. The molecular weight excluding hydrogens is 294 g/mol. The van der Waals surface area contributed by atoms with E-state index >= 15 is 0 Å². The van der Waals surface area contributed by atoms with Crippen LogP contribution >= 0.6 is 11.6 Å². The van der Waals surface area contributed by atoms with E-state index in [1.165, 1.54) is 6.07 Å². The van der Waals surface area contributed by atoms with E-state index in [2.05, 4.69) is 0 Å². The van der Waals surface area contributed by atoms with Crippen molar-refractivity contribution in [2.75, 3.05) is 13.2 Å². The zero-order chi connectivity index (χ0) is 14.8. The van der Waals surface area contributed by atoms with Gasteiger partial charge in [0.1, 0.15) is 13.2 Å². The number of carboxylic acids is 1. The number of rotatable bonds is 5. The Kier molecular flexibility index (Phi) is 4.32. The van der Waals surface area contributed by atoms with E-state index in [1.54, 1.807) is 0 Å². The Bertz CT molecular complexity index is 519. The van der Waals surface area contributed by atoms with Gasteiger partial charge in [0.25, 0.3) is 5.92 Å². The van der Waals surface area contributed by atoms with Gasteiger partial charge in [-0.3, -0.25) is 4.79 Å². The van der Waals surface area contributed by atoms with Crippen LogP contribution < -0.4 is 9.47 Å². The van der Waals surface area contributed by atoms with Gasteiger partial charge in [0.15, 0.2) is 11.5 Å². The van der Waals surface area contributed by atoms with Crippen LogP contribution in [0, 0.1) is 0 Å². The van der Waals surface area contributed by atoms with E-state index in [-0.39, 0.29) is 29.2 Å². The molecule has 0 aromatic heterocycles. The van der Waals surface area contributed by atoms with Crippen molar-refractivity contribution < 1.29 is 28.2 Å². The number of halogens is 3. The minimum Gasteiger partial charge on any atom is -0.486 e. The van der Waals surface area contributed by atoms with Crippen molar-refractivity contribution in [3.63, 3.8) is 0 Å². The minimum atomic E-state index is -3.21. The molecule has 1 aliphatic rings. The molecular formula is C13H13ClF2O4. The van der Waals surface area contributed by atoms with E-state index in [4.69, 9.17) is 26.2 Å². The van der Waals surface area contributed by atoms with Gasteiger partial charge >= 0.3 is 5.97 Å². The smallest absolute Gasteiger partial charge is 0.303 e. The molecule has 0 spiro atoms. The van der Waals surface area contributed by atoms with Crippen LogP contribution in [0.25, 0.3) is 0 Å². The first-order valence-electron chi connectivity index (χ1n) is 6.09. The van der Waals surface area contributed by atoms with E-state index in [0.29, 0.717) is 19.0 Å². The second kappa shape index (κ2) is 5.83. The number of alkyl halides is 2. The highest BCUT2D eigenvalue weighted by atomic mass is 35.5. The molecule has 0 amide bonds. The lowest BCUT2D eigenvalue weighted by Gasteiger charge is -2.23. The summed E-state index contributed by atoms with van der Waals surface area (Å²) in [4.78, 5) is 10.4. The van der Waals surface area contributed by atoms with Crippen LogP contribution in [-0.2, 0) is 10.7 Å². The molecule has 0 atom stereocenters. The van der Waals surface area contributed by atoms with Gasteiger partial charge in [0.05, 0.1) is 5.02 Å². The highest BCUT2D eigenvalue weighted by molar-refractivity contribution is 6.31. The van der Waals surface area contributed by atoms with Gasteiger partial charge in [-0.2, -0.15) is 0 Å². The third-order valence-corrected chi connectivity index (χ3v) is 3.22. The fraction of sp³-hybridized carbons (Fsp3) is 0.462. The molecule has 110 valence electrons. The second-order valence-corrected chi connectivity index (χ2v) is 4.83. The quantitative estimate of drug-likeness (QED) is 0.905. The van der Waals surface area contributed by atoms with Crippen LogP contribution in [0.3, 0.4) is 0 Å². The molecule has 0 bridgehead atoms. The van der Waals surface area contributed by atoms with Crippen molar-refractivity contribution >= 4 is 17.6 Å². The Balaban J connectivity index is 2.19. The number of carboxylic acid groups (broad SMARTS) is 1. The number of benzene rings is 1. The number of carbonyl (C=O) groups is 1. The first-order valence-corrected chi connectivity index (χ1v) is 6.47. The molecule has 20 heavy (non-hydrogen) atoms. The van der Waals surface area contributed by atoms with Gasteiger partial charge in [0, 0.05) is 24.5 Å². The largest absolute Gasteiger partial charge is 0.486 e. The molecule has 1 N–H and O–H groups in total. The summed E-state index contributed by atoms with van der Waals surface area (Å²) in [6.45, 7) is 0.635. The normalized spacial score (nSPS) is 14.2. The fourth-order valence-electron chi connectivity index (χ4n) is 1.94. The second-order valence-electron chi connectivity index (χ2n) is 4.43. The number of ether oxygens (including phenoxy) is 2. The van der Waals surface area contributed by atoms with Gasteiger partial charge in [-0.1, -0.05) is 11.6 Å². The van der Waals surface area contributed by atoms with Crippen LogP contribution in [0.4, 0.5) is 8.78 Å². The Hall–Kier alpha value is -1.56. The van der Waals surface area contributed by atoms with Crippen LogP contribution in [0.2, 0.25) is 5.02 Å². The molecule has 0 aliphatic carbocycles. The van der Waals surface area contributed by atoms with Crippen molar-refractivity contribution in [3.8, 4) is 11.5 Å². The summed E-state index contributed by atoms with van der Waals surface area (Å²) in [5, 5.41) is 8.37. The highest BCUT2D eigenvalue weighted by Gasteiger charge is 2.35. The van der Waals surface area contributed by atoms with E-state index in [9.17, 15) is 13.6 Å². The lowest BCUT2D eigenvalue weighted by atomic mass is 10.0. The van der Waals surface area contributed by atoms with Crippen molar-refractivity contribution in [2.45, 2.75) is 25.2 Å². The molecule has 1 aromatic carbocycles. The predicted molar refractivity (Wildman–Crippen MR) is 67.8 cm³/mol. The maximum atomic E-state index is 14.1. The molecule has 7 heteroatoms. The number of hydrogen-bond acceptors (Lipinski definition) is 3. The van der Waals surface area contributed by atoms with Crippen molar-refractivity contribution in [3.05, 3.63) is 22.7 Å². The molecule has 1 aromatic rings. The Morgan fingerprint density at radius 1 is 1.30 bits per heavy atom. The molecule has 0 unspecified atom stereocenters. The fourth-order valence-corrected chi connectivity index (χ4v) is 2.23. The molecule has 1 heterocycles. The Morgan fingerprint density at radius 2 is 1.90 bits per heavy atom. The van der Waals surface area contributed by atoms with Gasteiger partial charge in [-0.25, -0.2) is 8.78 Å². The van der Waals surface area contributed by atoms with Gasteiger partial charge in [-0.05, 0) is 12.5 Å². The van der Waals surface area contributed by atoms with E-state index in [1.807, 2.05) is 0 Å². The van der Waals surface area contributed by atoms with Gasteiger partial charge in [-0.15, -0.1) is 0 Å². The number of aliphatic carboxylic acids is 1. The maximum Gasteiger partial charge on any atom is 0.303 e. The summed E-state index contributed by atoms with van der Waals surface area (Å²) < 4.78 is 38.6. The maximum absolute atomic E-state index is 14.1. The minimum absolute atomic E-state index is 0.116. The molecule has 0 saturated heterocycles. The predicted octanol–water partition coefficient (Wildman–Crippen LogP) is 3.46. The molecule has 0 radical (unpaired) electrons. The topological polar surface area (TPSA) is 55.8 Å². The lowest BCUT2D eigenvalue weighted by Crippen LogP contribution is -2.18. The van der Waals surface area contributed by atoms with Crippen LogP contribution in [-0.4, -0.2) is 24.3 Å². The summed E-state index contributed by atoms with van der Waals surface area (Å²) in [5.74, 6) is -3.74. The van der Waals surface area contributed by atoms with Crippen molar-refractivity contribution in [1.82, 2.24) is 0 Å². The summed E-state index contributed by atoms with van der Waals surface area (Å²) in [6.07, 6.45) is -1.02. The average molecular weight is 307 g/mol. The number of fused-ring (bicyclic) bond motifs is 1. The van der Waals surface area contributed by atoms with E-state index < -0.39 is 18.3 Å². The zero-order valence-electron chi connectivity index (χ0n) is 10.5. The van der Waals surface area contributed by atoms with Gasteiger partial charge in [0.2, 0.25) is 0 Å². The first-order chi connectivity index (χ1) is 9.40. The van der Waals surface area contributed by atoms with E-state index in [0.717, 1.165) is 6.07 Å². The Morgan fingerprint density at radius 3 is 2.50 bits per heavy atom. The lowest BCUT2D eigenvalue weighted by molar-refractivity contribution is -0.137. The van der Waals surface area contributed by atoms with Gasteiger partial charge < -0.3 is 14.6 Å². The first kappa shape index (κ1) is 14.8. The summed E-state index contributed by atoms with van der Waals surface area (Å²) >= 11 is 5.86. The molecule has 0 saturated carbocycles. The van der Waals surface area contributed by atoms with Crippen LogP contribution in [0.5, 0.6) is 11.5 Å². The third-order valence-electron chi connectivity index (χ3n) is 2.91. The standard InChI is InChI=1S/C13H13ClF2O4/c14-9-7-11-10(19-4-5-20-11)6-8(9)13(15,16)3-1-2-12(17)18/h6-7H,1-5H2,(H,17,18). The average Bonchev–Trinajstić information content (AvgIpc) is 2.37. The molecule has 1 aliphatic heterocycles. The molecule has 0 fully saturated rings. The van der Waals surface area contributed by atoms with Crippen LogP contribution in [0.15, 0.2) is 12.1 Å². The summed E-state index contributed by atoms with van der Waals surface area (Å²) in [7, 11) is 0. The van der Waals surface area contributed by atoms with Crippen LogP contribution in [0.1, 0.15) is 24.8 Å². The highest BCUT2D eigenvalue weighted by Crippen LogP contribution is 2.43. The SMILES string of the molecule is O=C(O)CCCC(F)(F)c1cc2c(cc1Cl)OCCO2. The van der Waals surface area contributed by atoms with Crippen molar-refractivity contribution in [1.29, 1.82) is 0 Å².